The predicted molar refractivity (Wildman–Crippen MR) is 141 cm³/mol. The number of ether oxygens (including phenoxy) is 3. The first-order valence-electron chi connectivity index (χ1n) is 11.5. The van der Waals surface area contributed by atoms with Gasteiger partial charge in [0.05, 0.1) is 19.8 Å². The highest BCUT2D eigenvalue weighted by Crippen LogP contribution is 2.25. The summed E-state index contributed by atoms with van der Waals surface area (Å²) in [5, 5.41) is 5.62. The number of carbonyl (C=O) groups excluding carboxylic acids is 2. The number of hydrogen-bond donors (Lipinski definition) is 2. The molecule has 9 heteroatoms. The van der Waals surface area contributed by atoms with E-state index in [2.05, 4.69) is 36.3 Å². The van der Waals surface area contributed by atoms with Crippen LogP contribution in [0.25, 0.3) is 0 Å². The van der Waals surface area contributed by atoms with Crippen LogP contribution in [0.4, 0.5) is 0 Å². The summed E-state index contributed by atoms with van der Waals surface area (Å²) in [6, 6.07) is 7.13. The van der Waals surface area contributed by atoms with Crippen molar-refractivity contribution in [3.8, 4) is 17.6 Å². The number of carbonyl (C=O) groups is 2. The Labute approximate surface area is 212 Å². The number of rotatable bonds is 16. The van der Waals surface area contributed by atoms with Gasteiger partial charge in [0.2, 0.25) is 5.91 Å². The molecule has 1 unspecified atom stereocenters. The van der Waals surface area contributed by atoms with E-state index in [9.17, 15) is 9.59 Å². The highest BCUT2D eigenvalue weighted by Gasteiger charge is 2.12. The van der Waals surface area contributed by atoms with E-state index in [1.54, 1.807) is 39.8 Å². The van der Waals surface area contributed by atoms with Crippen molar-refractivity contribution in [3.05, 3.63) is 29.8 Å². The van der Waals surface area contributed by atoms with Crippen LogP contribution in [0.5, 0.6) is 5.75 Å². The molecule has 190 valence electrons. The fourth-order valence-electron chi connectivity index (χ4n) is 2.53. The van der Waals surface area contributed by atoms with Crippen LogP contribution < -0.4 is 15.4 Å². The molecule has 0 heterocycles. The maximum absolute atomic E-state index is 12.3. The van der Waals surface area contributed by atoms with Crippen molar-refractivity contribution in [2.75, 3.05) is 45.8 Å². The summed E-state index contributed by atoms with van der Waals surface area (Å²) < 4.78 is 17.1. The van der Waals surface area contributed by atoms with Gasteiger partial charge in [-0.25, -0.2) is 0 Å². The molecule has 1 aromatic carbocycles. The third-order valence-electron chi connectivity index (χ3n) is 4.22. The summed E-state index contributed by atoms with van der Waals surface area (Å²) in [6.45, 7) is 10.1. The summed E-state index contributed by atoms with van der Waals surface area (Å²) >= 11 is 0. The molecule has 0 aliphatic heterocycles. The van der Waals surface area contributed by atoms with Crippen LogP contribution in [-0.4, -0.2) is 63.0 Å². The maximum Gasteiger partial charge on any atom is 0.251 e. The number of hydrogen-bond acceptors (Lipinski definition) is 7. The molecule has 1 atom stereocenters. The van der Waals surface area contributed by atoms with Gasteiger partial charge in [-0.15, -0.1) is 0 Å². The first-order chi connectivity index (χ1) is 16.3. The third kappa shape index (κ3) is 15.1. The second-order valence-electron chi connectivity index (χ2n) is 8.15. The summed E-state index contributed by atoms with van der Waals surface area (Å²) in [6.07, 6.45) is 2.90. The van der Waals surface area contributed by atoms with Gasteiger partial charge in [0.15, 0.2) is 0 Å². The lowest BCUT2D eigenvalue weighted by Crippen LogP contribution is -2.29. The molecule has 1 rings (SSSR count). The zero-order chi connectivity index (χ0) is 25.2. The lowest BCUT2D eigenvalue weighted by Gasteiger charge is -2.17. The van der Waals surface area contributed by atoms with Crippen LogP contribution in [0.15, 0.2) is 24.3 Å². The van der Waals surface area contributed by atoms with Gasteiger partial charge in [-0.1, -0.05) is 67.2 Å². The maximum atomic E-state index is 12.3. The van der Waals surface area contributed by atoms with Crippen molar-refractivity contribution in [1.82, 2.24) is 10.6 Å². The van der Waals surface area contributed by atoms with E-state index in [4.69, 9.17) is 14.2 Å². The molecule has 0 radical (unpaired) electrons. The molecule has 0 aliphatic rings. The van der Waals surface area contributed by atoms with Crippen LogP contribution in [0.1, 0.15) is 44.5 Å². The van der Waals surface area contributed by atoms with E-state index in [1.165, 1.54) is 0 Å². The van der Waals surface area contributed by atoms with Gasteiger partial charge >= 0.3 is 0 Å². The fourth-order valence-corrected chi connectivity index (χ4v) is 4.00. The summed E-state index contributed by atoms with van der Waals surface area (Å²) in [4.78, 5) is 24.0. The Morgan fingerprint density at radius 3 is 2.62 bits per heavy atom. The number of benzene rings is 1. The standard InChI is InChI=1S/C25H38N2O5S2/c1-19(2)8-7-12-26-23(28)17-30-14-15-31-24(34-33-5)18-32-22-10-6-9-21(16-22)25(29)27-13-11-20(3)4/h6,9-10,16,19-20,24H,11-15,17-18H2,1-5H3,(H,26,28)(H,27,29). The molecular formula is C25H38N2O5S2. The highest BCUT2D eigenvalue weighted by molar-refractivity contribution is 8.76. The molecule has 2 amide bonds. The SMILES string of the molecule is CSSC(COc1cccc(C(=O)NCCC(C)C)c1)OCCOCC(=O)NCC#CC(C)C. The van der Waals surface area contributed by atoms with E-state index >= 15 is 0 Å². The van der Waals surface area contributed by atoms with E-state index in [-0.39, 0.29) is 29.8 Å². The third-order valence-corrected chi connectivity index (χ3v) is 6.12. The molecular weight excluding hydrogens is 472 g/mol. The fraction of sp³-hybridized carbons (Fsp3) is 0.600. The van der Waals surface area contributed by atoms with E-state index in [1.807, 2.05) is 26.2 Å². The minimum absolute atomic E-state index is 0.0322. The van der Waals surface area contributed by atoms with Crippen molar-refractivity contribution in [1.29, 1.82) is 0 Å². The Morgan fingerprint density at radius 1 is 1.12 bits per heavy atom. The highest BCUT2D eigenvalue weighted by atomic mass is 33.1. The van der Waals surface area contributed by atoms with Crippen molar-refractivity contribution in [2.24, 2.45) is 11.8 Å². The van der Waals surface area contributed by atoms with Gasteiger partial charge in [0.25, 0.3) is 5.91 Å². The van der Waals surface area contributed by atoms with Gasteiger partial charge < -0.3 is 24.8 Å². The number of nitrogens with one attached hydrogen (secondary N) is 2. The Hall–Kier alpha value is -1.86. The van der Waals surface area contributed by atoms with Crippen LogP contribution in [0, 0.1) is 23.7 Å². The molecule has 0 bridgehead atoms. The van der Waals surface area contributed by atoms with Crippen molar-refractivity contribution in [2.45, 2.75) is 39.6 Å². The van der Waals surface area contributed by atoms with Crippen molar-refractivity contribution in [3.63, 3.8) is 0 Å². The van der Waals surface area contributed by atoms with Gasteiger partial charge in [0, 0.05) is 18.0 Å². The zero-order valence-corrected chi connectivity index (χ0v) is 22.5. The second kappa shape index (κ2) is 18.5. The molecule has 2 N–H and O–H groups in total. The topological polar surface area (TPSA) is 85.9 Å². The lowest BCUT2D eigenvalue weighted by atomic mass is 10.1. The predicted octanol–water partition coefficient (Wildman–Crippen LogP) is 3.99. The molecule has 0 aromatic heterocycles. The quantitative estimate of drug-likeness (QED) is 0.151. The average Bonchev–Trinajstić information content (AvgIpc) is 2.79. The van der Waals surface area contributed by atoms with E-state index in [0.29, 0.717) is 50.1 Å². The molecule has 0 saturated carbocycles. The molecule has 0 fully saturated rings. The Balaban J connectivity index is 2.34. The van der Waals surface area contributed by atoms with Gasteiger partial charge in [-0.05, 0) is 36.8 Å². The van der Waals surface area contributed by atoms with Crippen LogP contribution in [-0.2, 0) is 14.3 Å². The molecule has 34 heavy (non-hydrogen) atoms. The van der Waals surface area contributed by atoms with Gasteiger partial charge in [0.1, 0.15) is 24.4 Å². The van der Waals surface area contributed by atoms with Crippen LogP contribution in [0.2, 0.25) is 0 Å². The normalized spacial score (nSPS) is 11.6. The van der Waals surface area contributed by atoms with E-state index in [0.717, 1.165) is 6.42 Å². The molecule has 1 aromatic rings. The van der Waals surface area contributed by atoms with Crippen molar-refractivity contribution < 1.29 is 23.8 Å². The smallest absolute Gasteiger partial charge is 0.251 e. The minimum atomic E-state index is -0.220. The lowest BCUT2D eigenvalue weighted by molar-refractivity contribution is -0.126. The van der Waals surface area contributed by atoms with Crippen LogP contribution >= 0.6 is 21.6 Å². The average molecular weight is 511 g/mol. The molecule has 0 spiro atoms. The van der Waals surface area contributed by atoms with E-state index < -0.39 is 0 Å². The second-order valence-corrected chi connectivity index (χ2v) is 10.8. The Bertz CT molecular complexity index is 793. The first kappa shape index (κ1) is 30.2. The largest absolute Gasteiger partial charge is 0.490 e. The van der Waals surface area contributed by atoms with Gasteiger partial charge in [-0.3, -0.25) is 9.59 Å². The molecule has 0 aliphatic carbocycles. The molecule has 0 saturated heterocycles. The summed E-state index contributed by atoms with van der Waals surface area (Å²) in [7, 11) is 3.12. The van der Waals surface area contributed by atoms with Crippen LogP contribution in [0.3, 0.4) is 0 Å². The molecule has 7 nitrogen and oxygen atoms in total. The zero-order valence-electron chi connectivity index (χ0n) is 20.8. The summed E-state index contributed by atoms with van der Waals surface area (Å²) in [5.74, 6) is 7.00. The monoisotopic (exact) mass is 510 g/mol. The minimum Gasteiger partial charge on any atom is -0.490 e. The van der Waals surface area contributed by atoms with Crippen molar-refractivity contribution >= 4 is 33.4 Å². The number of amides is 2. The first-order valence-corrected chi connectivity index (χ1v) is 14.1. The Morgan fingerprint density at radius 2 is 1.91 bits per heavy atom. The Kier molecular flexibility index (Phi) is 16.4. The van der Waals surface area contributed by atoms with Gasteiger partial charge in [-0.2, -0.15) is 0 Å². The summed E-state index contributed by atoms with van der Waals surface area (Å²) in [5.41, 5.74) is 0.348.